The summed E-state index contributed by atoms with van der Waals surface area (Å²) < 4.78 is 68.9. The molecule has 28 heavy (non-hydrogen) atoms. The zero-order valence-corrected chi connectivity index (χ0v) is 15.0. The molecule has 0 saturated carbocycles. The summed E-state index contributed by atoms with van der Waals surface area (Å²) in [7, 11) is -3.76. The second-order valence-corrected chi connectivity index (χ2v) is 7.44. The van der Waals surface area contributed by atoms with E-state index in [0.717, 1.165) is 5.56 Å². The molecule has 0 unspecified atom stereocenters. The fourth-order valence-electron chi connectivity index (χ4n) is 2.23. The molecular formula is C18H14F3N3O3S. The van der Waals surface area contributed by atoms with Crippen molar-refractivity contribution in [1.29, 1.82) is 0 Å². The van der Waals surface area contributed by atoms with Crippen LogP contribution in [0.5, 0.6) is 0 Å². The highest BCUT2D eigenvalue weighted by Gasteiger charge is 2.38. The average Bonchev–Trinajstić information content (AvgIpc) is 3.16. The largest absolute Gasteiger partial charge is 0.471 e. The predicted molar refractivity (Wildman–Crippen MR) is 95.1 cm³/mol. The highest BCUT2D eigenvalue weighted by Crippen LogP contribution is 2.27. The molecule has 0 bridgehead atoms. The van der Waals surface area contributed by atoms with Gasteiger partial charge in [0.1, 0.15) is 0 Å². The van der Waals surface area contributed by atoms with Gasteiger partial charge in [0.05, 0.1) is 4.90 Å². The number of hydrogen-bond donors (Lipinski definition) is 1. The lowest BCUT2D eigenvalue weighted by Crippen LogP contribution is -2.23. The fraction of sp³-hybridized carbons (Fsp3) is 0.111. The Kier molecular flexibility index (Phi) is 5.61. The Bertz CT molecular complexity index is 1080. The monoisotopic (exact) mass is 409 g/mol. The highest BCUT2D eigenvalue weighted by atomic mass is 32.2. The van der Waals surface area contributed by atoms with Gasteiger partial charge in [-0.25, -0.2) is 13.1 Å². The Morgan fingerprint density at radius 3 is 2.46 bits per heavy atom. The van der Waals surface area contributed by atoms with Crippen LogP contribution in [0.15, 0.2) is 64.0 Å². The van der Waals surface area contributed by atoms with Crippen LogP contribution in [0.1, 0.15) is 22.8 Å². The van der Waals surface area contributed by atoms with Crippen molar-refractivity contribution in [3.8, 4) is 0 Å². The van der Waals surface area contributed by atoms with Crippen molar-refractivity contribution >= 4 is 22.2 Å². The topological polar surface area (TPSA) is 85.1 Å². The van der Waals surface area contributed by atoms with E-state index in [4.69, 9.17) is 0 Å². The van der Waals surface area contributed by atoms with Crippen LogP contribution >= 0.6 is 0 Å². The van der Waals surface area contributed by atoms with Gasteiger partial charge in [-0.1, -0.05) is 53.7 Å². The standard InChI is InChI=1S/C18H14F3N3O3S/c19-18(20,21)17-23-16(24-27-17)10-9-13-7-4-8-15(11-13)28(25,26)22-12-14-5-2-1-3-6-14/h1-11,22H,12H2. The van der Waals surface area contributed by atoms with Gasteiger partial charge in [0.15, 0.2) is 5.82 Å². The number of alkyl halides is 3. The number of aromatic nitrogens is 2. The molecule has 0 spiro atoms. The molecule has 0 aliphatic rings. The van der Waals surface area contributed by atoms with Gasteiger partial charge in [0, 0.05) is 6.54 Å². The molecule has 146 valence electrons. The molecule has 0 amide bonds. The molecule has 0 fully saturated rings. The summed E-state index contributed by atoms with van der Waals surface area (Å²) in [5.74, 6) is -1.73. The summed E-state index contributed by atoms with van der Waals surface area (Å²) in [5, 5.41) is 3.21. The molecule has 2 aromatic carbocycles. The van der Waals surface area contributed by atoms with Crippen molar-refractivity contribution in [3.63, 3.8) is 0 Å². The van der Waals surface area contributed by atoms with Crippen LogP contribution in [0.3, 0.4) is 0 Å². The van der Waals surface area contributed by atoms with E-state index in [1.54, 1.807) is 30.3 Å². The maximum Gasteiger partial charge on any atom is 0.471 e. The van der Waals surface area contributed by atoms with Gasteiger partial charge < -0.3 is 4.52 Å². The average molecular weight is 409 g/mol. The number of sulfonamides is 1. The minimum Gasteiger partial charge on any atom is -0.329 e. The van der Waals surface area contributed by atoms with E-state index < -0.39 is 22.1 Å². The lowest BCUT2D eigenvalue weighted by Gasteiger charge is -2.07. The van der Waals surface area contributed by atoms with Gasteiger partial charge in [-0.05, 0) is 29.3 Å². The highest BCUT2D eigenvalue weighted by molar-refractivity contribution is 7.89. The summed E-state index contributed by atoms with van der Waals surface area (Å²) >= 11 is 0. The number of nitrogens with one attached hydrogen (secondary N) is 1. The van der Waals surface area contributed by atoms with E-state index in [-0.39, 0.29) is 17.3 Å². The second kappa shape index (κ2) is 7.95. The van der Waals surface area contributed by atoms with Crippen molar-refractivity contribution in [2.45, 2.75) is 17.6 Å². The summed E-state index contributed by atoms with van der Waals surface area (Å²) in [6, 6.07) is 14.9. The van der Waals surface area contributed by atoms with Gasteiger partial charge in [-0.3, -0.25) is 0 Å². The van der Waals surface area contributed by atoms with Crippen LogP contribution in [0, 0.1) is 0 Å². The predicted octanol–water partition coefficient (Wildman–Crippen LogP) is 3.74. The Balaban J connectivity index is 1.73. The molecule has 1 N–H and O–H groups in total. The molecule has 0 saturated heterocycles. The van der Waals surface area contributed by atoms with Crippen LogP contribution in [0.2, 0.25) is 0 Å². The number of halogens is 3. The summed E-state index contributed by atoms with van der Waals surface area (Å²) in [6.45, 7) is 0.131. The van der Waals surface area contributed by atoms with E-state index in [2.05, 4.69) is 19.4 Å². The van der Waals surface area contributed by atoms with Crippen molar-refractivity contribution in [3.05, 3.63) is 77.4 Å². The van der Waals surface area contributed by atoms with Gasteiger partial charge in [-0.15, -0.1) is 0 Å². The minimum absolute atomic E-state index is 0.0228. The van der Waals surface area contributed by atoms with E-state index >= 15 is 0 Å². The van der Waals surface area contributed by atoms with E-state index in [0.29, 0.717) is 5.56 Å². The lowest BCUT2D eigenvalue weighted by atomic mass is 10.2. The number of nitrogens with zero attached hydrogens (tertiary/aromatic N) is 2. The first-order chi connectivity index (χ1) is 13.2. The van der Waals surface area contributed by atoms with Gasteiger partial charge in [0.25, 0.3) is 0 Å². The van der Waals surface area contributed by atoms with Crippen LogP contribution in [-0.2, 0) is 22.7 Å². The Morgan fingerprint density at radius 1 is 1.04 bits per heavy atom. The maximum atomic E-state index is 12.4. The Hall–Kier alpha value is -2.98. The SMILES string of the molecule is O=S(=O)(NCc1ccccc1)c1cccc(C=Cc2noc(C(F)(F)F)n2)c1. The second-order valence-electron chi connectivity index (χ2n) is 5.67. The van der Waals surface area contributed by atoms with Crippen LogP contribution in [-0.4, -0.2) is 18.6 Å². The van der Waals surface area contributed by atoms with Crippen molar-refractivity contribution < 1.29 is 26.1 Å². The van der Waals surface area contributed by atoms with Gasteiger partial charge in [0.2, 0.25) is 10.0 Å². The normalized spacial score (nSPS) is 12.5. The molecule has 0 aliphatic heterocycles. The summed E-state index contributed by atoms with van der Waals surface area (Å²) in [5.41, 5.74) is 1.25. The Labute approximate surface area is 158 Å². The molecular weight excluding hydrogens is 395 g/mol. The van der Waals surface area contributed by atoms with Gasteiger partial charge >= 0.3 is 12.1 Å². The van der Waals surface area contributed by atoms with Gasteiger partial charge in [-0.2, -0.15) is 18.2 Å². The number of hydrogen-bond acceptors (Lipinski definition) is 5. The molecule has 0 atom stereocenters. The zero-order valence-electron chi connectivity index (χ0n) is 14.2. The molecule has 3 aromatic rings. The third-order valence-electron chi connectivity index (χ3n) is 3.59. The van der Waals surface area contributed by atoms with Crippen molar-refractivity contribution in [2.75, 3.05) is 0 Å². The minimum atomic E-state index is -4.72. The first-order valence-corrected chi connectivity index (χ1v) is 9.45. The first kappa shape index (κ1) is 19.8. The van der Waals surface area contributed by atoms with E-state index in [9.17, 15) is 21.6 Å². The third-order valence-corrected chi connectivity index (χ3v) is 4.99. The molecule has 3 rings (SSSR count). The quantitative estimate of drug-likeness (QED) is 0.671. The summed E-state index contributed by atoms with van der Waals surface area (Å²) in [4.78, 5) is 3.23. The number of rotatable bonds is 6. The number of benzene rings is 2. The molecule has 6 nitrogen and oxygen atoms in total. The molecule has 1 heterocycles. The zero-order chi connectivity index (χ0) is 20.2. The molecule has 1 aromatic heterocycles. The summed E-state index contributed by atoms with van der Waals surface area (Å²) in [6.07, 6.45) is -2.14. The Morgan fingerprint density at radius 2 is 1.79 bits per heavy atom. The molecule has 10 heteroatoms. The smallest absolute Gasteiger partial charge is 0.329 e. The fourth-order valence-corrected chi connectivity index (χ4v) is 3.30. The van der Waals surface area contributed by atoms with Crippen molar-refractivity contribution in [2.24, 2.45) is 0 Å². The van der Waals surface area contributed by atoms with Crippen molar-refractivity contribution in [1.82, 2.24) is 14.9 Å². The van der Waals surface area contributed by atoms with E-state index in [1.807, 2.05) is 6.07 Å². The molecule has 0 radical (unpaired) electrons. The van der Waals surface area contributed by atoms with Crippen LogP contribution < -0.4 is 4.72 Å². The molecule has 0 aliphatic carbocycles. The maximum absolute atomic E-state index is 12.4. The van der Waals surface area contributed by atoms with Crippen LogP contribution in [0.4, 0.5) is 13.2 Å². The third kappa shape index (κ3) is 5.05. The lowest BCUT2D eigenvalue weighted by molar-refractivity contribution is -0.159. The van der Waals surface area contributed by atoms with Crippen LogP contribution in [0.25, 0.3) is 12.2 Å². The first-order valence-electron chi connectivity index (χ1n) is 7.97. The van der Waals surface area contributed by atoms with E-state index in [1.165, 1.54) is 30.4 Å².